The highest BCUT2D eigenvalue weighted by Crippen LogP contribution is 2.35. The highest BCUT2D eigenvalue weighted by Gasteiger charge is 2.34. The summed E-state index contributed by atoms with van der Waals surface area (Å²) >= 11 is 0. The maximum absolute atomic E-state index is 13.2. The topological polar surface area (TPSA) is 125 Å². The van der Waals surface area contributed by atoms with Crippen LogP contribution in [0.3, 0.4) is 0 Å². The largest absolute Gasteiger partial charge is 0.417 e. The van der Waals surface area contributed by atoms with E-state index >= 15 is 0 Å². The normalized spacial score (nSPS) is 15.2. The lowest BCUT2D eigenvalue weighted by Gasteiger charge is -2.26. The number of aromatic nitrogens is 6. The molecule has 190 valence electrons. The molecule has 15 heteroatoms. The monoisotopic (exact) mass is 523 g/mol. The van der Waals surface area contributed by atoms with Crippen molar-refractivity contribution in [1.82, 2.24) is 34.0 Å². The third-order valence-electron chi connectivity index (χ3n) is 5.94. The molecule has 0 aliphatic carbocycles. The van der Waals surface area contributed by atoms with Gasteiger partial charge in [-0.1, -0.05) is 6.92 Å². The number of imidazole rings is 1. The Morgan fingerprint density at radius 1 is 1.17 bits per heavy atom. The molecule has 4 aromatic rings. The second-order valence-corrected chi connectivity index (χ2v) is 10.3. The molecule has 4 aromatic heterocycles. The minimum absolute atomic E-state index is 0.00215. The lowest BCUT2D eigenvalue weighted by atomic mass is 10.2. The Balaban J connectivity index is 1.77. The number of aryl methyl sites for hydroxylation is 1. The van der Waals surface area contributed by atoms with Gasteiger partial charge in [0.2, 0.25) is 0 Å². The number of ether oxygens (including phenoxy) is 1. The number of fused-ring (bicyclic) bond motifs is 2. The van der Waals surface area contributed by atoms with E-state index in [0.717, 1.165) is 10.6 Å². The number of halogens is 3. The van der Waals surface area contributed by atoms with Gasteiger partial charge in [0.15, 0.2) is 26.2 Å². The van der Waals surface area contributed by atoms with Crippen molar-refractivity contribution in [3.8, 4) is 11.4 Å². The molecule has 0 aromatic carbocycles. The van der Waals surface area contributed by atoms with Gasteiger partial charge < -0.3 is 14.2 Å². The molecule has 0 N–H and O–H groups in total. The molecule has 1 saturated heterocycles. The van der Waals surface area contributed by atoms with E-state index in [0.29, 0.717) is 32.5 Å². The van der Waals surface area contributed by atoms with Gasteiger partial charge in [-0.05, 0) is 12.1 Å². The van der Waals surface area contributed by atoms with Crippen molar-refractivity contribution >= 4 is 32.6 Å². The first-order valence-electron chi connectivity index (χ1n) is 10.9. The smallest absolute Gasteiger partial charge is 0.378 e. The lowest BCUT2D eigenvalue weighted by Crippen LogP contribution is -2.41. The molecule has 0 saturated carbocycles. The van der Waals surface area contributed by atoms with Gasteiger partial charge in [-0.2, -0.15) is 18.3 Å². The predicted octanol–water partition coefficient (Wildman–Crippen LogP) is 1.96. The Kier molecular flexibility index (Phi) is 5.70. The molecule has 36 heavy (non-hydrogen) atoms. The minimum Gasteiger partial charge on any atom is -0.378 e. The molecule has 1 aliphatic heterocycles. The zero-order valence-electron chi connectivity index (χ0n) is 19.2. The molecule has 5 heterocycles. The number of nitrogens with zero attached hydrogens (tertiary/aromatic N) is 7. The third kappa shape index (κ3) is 3.87. The number of alkyl halides is 3. The number of hydrogen-bond acceptors (Lipinski definition) is 8. The van der Waals surface area contributed by atoms with Crippen LogP contribution in [-0.4, -0.2) is 80.4 Å². The number of carbonyl (C=O) groups excluding carboxylic acids is 1. The fourth-order valence-corrected chi connectivity index (χ4v) is 4.99. The van der Waals surface area contributed by atoms with Gasteiger partial charge in [0.05, 0.1) is 24.5 Å². The average Bonchev–Trinajstić information content (AvgIpc) is 3.41. The molecule has 5 rings (SSSR count). The summed E-state index contributed by atoms with van der Waals surface area (Å²) in [7, 11) is -2.46. The van der Waals surface area contributed by atoms with E-state index in [9.17, 15) is 26.4 Å². The molecule has 0 atom stereocenters. The first-order valence-corrected chi connectivity index (χ1v) is 12.6. The van der Waals surface area contributed by atoms with E-state index in [4.69, 9.17) is 4.74 Å². The fourth-order valence-electron chi connectivity index (χ4n) is 4.02. The Hall–Kier alpha value is -3.59. The van der Waals surface area contributed by atoms with Crippen LogP contribution in [0.25, 0.3) is 28.2 Å². The number of carbonyl (C=O) groups is 1. The molecular weight excluding hydrogens is 503 g/mol. The molecule has 0 bridgehead atoms. The predicted molar refractivity (Wildman–Crippen MR) is 120 cm³/mol. The number of pyridine rings is 1. The molecule has 1 aliphatic rings. The first-order chi connectivity index (χ1) is 17.0. The van der Waals surface area contributed by atoms with E-state index in [1.165, 1.54) is 30.8 Å². The first kappa shape index (κ1) is 24.1. The van der Waals surface area contributed by atoms with Crippen molar-refractivity contribution in [2.75, 3.05) is 32.1 Å². The van der Waals surface area contributed by atoms with Gasteiger partial charge >= 0.3 is 6.18 Å². The molecule has 0 radical (unpaired) electrons. The van der Waals surface area contributed by atoms with Crippen LogP contribution in [0, 0.1) is 0 Å². The number of hydrogen-bond donors (Lipinski definition) is 0. The number of morpholine rings is 1. The van der Waals surface area contributed by atoms with Crippen molar-refractivity contribution < 1.29 is 31.1 Å². The summed E-state index contributed by atoms with van der Waals surface area (Å²) in [6, 6.07) is 2.27. The van der Waals surface area contributed by atoms with E-state index in [1.54, 1.807) is 4.90 Å². The van der Waals surface area contributed by atoms with Gasteiger partial charge in [-0.3, -0.25) is 4.79 Å². The summed E-state index contributed by atoms with van der Waals surface area (Å²) in [6.07, 6.45) is -2.60. The Bertz CT molecular complexity index is 1610. The minimum atomic E-state index is -4.63. The zero-order valence-corrected chi connectivity index (χ0v) is 20.0. The van der Waals surface area contributed by atoms with Gasteiger partial charge in [-0.25, -0.2) is 27.9 Å². The quantitative estimate of drug-likeness (QED) is 0.398. The van der Waals surface area contributed by atoms with Crippen LogP contribution in [0.2, 0.25) is 0 Å². The van der Waals surface area contributed by atoms with Gasteiger partial charge in [0, 0.05) is 32.5 Å². The summed E-state index contributed by atoms with van der Waals surface area (Å²) in [5, 5.41) is 3.87. The second-order valence-electron chi connectivity index (χ2n) is 8.11. The summed E-state index contributed by atoms with van der Waals surface area (Å²) in [5.74, 6) is -0.694. The summed E-state index contributed by atoms with van der Waals surface area (Å²) < 4.78 is 73.6. The van der Waals surface area contributed by atoms with Gasteiger partial charge in [0.1, 0.15) is 22.6 Å². The van der Waals surface area contributed by atoms with Crippen LogP contribution in [0.4, 0.5) is 13.2 Å². The van der Waals surface area contributed by atoms with Crippen molar-refractivity contribution in [3.05, 3.63) is 35.8 Å². The van der Waals surface area contributed by atoms with Crippen molar-refractivity contribution in [1.29, 1.82) is 0 Å². The SMILES string of the molecule is CCS(=O)(=O)c1nn2c(C(=O)N3CCOCC3)ccnc2c1-c1nc2cc(C(F)(F)F)cnc2n1C. The zero-order chi connectivity index (χ0) is 25.8. The highest BCUT2D eigenvalue weighted by molar-refractivity contribution is 7.91. The van der Waals surface area contributed by atoms with Crippen LogP contribution in [0.1, 0.15) is 23.0 Å². The number of rotatable bonds is 4. The maximum atomic E-state index is 13.2. The Morgan fingerprint density at radius 2 is 1.89 bits per heavy atom. The van der Waals surface area contributed by atoms with E-state index < -0.39 is 21.6 Å². The van der Waals surface area contributed by atoms with Crippen LogP contribution >= 0.6 is 0 Å². The molecule has 0 unspecified atom stereocenters. The van der Waals surface area contributed by atoms with Crippen LogP contribution in [0.5, 0.6) is 0 Å². The highest BCUT2D eigenvalue weighted by atomic mass is 32.2. The fraction of sp³-hybridized carbons (Fsp3) is 0.381. The van der Waals surface area contributed by atoms with Crippen LogP contribution in [0.15, 0.2) is 29.6 Å². The third-order valence-corrected chi connectivity index (χ3v) is 7.57. The number of sulfone groups is 1. The second kappa shape index (κ2) is 8.51. The van der Waals surface area contributed by atoms with Gasteiger partial charge in [0.25, 0.3) is 5.91 Å². The van der Waals surface area contributed by atoms with E-state index in [-0.39, 0.29) is 50.6 Å². The standard InChI is InChI=1S/C21H20F3N7O4S/c1-3-36(33,34)19-15(18-27-13-10-12(21(22,23)24)11-26-16(13)29(18)2)17-25-5-4-14(31(17)28-19)20(32)30-6-8-35-9-7-30/h4-5,10-11H,3,6-9H2,1-2H3. The van der Waals surface area contributed by atoms with E-state index in [2.05, 4.69) is 20.1 Å². The maximum Gasteiger partial charge on any atom is 0.417 e. The summed E-state index contributed by atoms with van der Waals surface area (Å²) in [4.78, 5) is 27.2. The van der Waals surface area contributed by atoms with Gasteiger partial charge in [-0.15, -0.1) is 0 Å². The van der Waals surface area contributed by atoms with Crippen molar-refractivity contribution in [3.63, 3.8) is 0 Å². The van der Waals surface area contributed by atoms with Crippen molar-refractivity contribution in [2.45, 2.75) is 18.1 Å². The molecule has 1 amide bonds. The summed E-state index contributed by atoms with van der Waals surface area (Å²) in [6.45, 7) is 2.88. The Morgan fingerprint density at radius 3 is 2.56 bits per heavy atom. The van der Waals surface area contributed by atoms with Crippen LogP contribution in [-0.2, 0) is 27.8 Å². The lowest BCUT2D eigenvalue weighted by molar-refractivity contribution is -0.137. The molecule has 11 nitrogen and oxygen atoms in total. The summed E-state index contributed by atoms with van der Waals surface area (Å²) in [5.41, 5.74) is -0.882. The Labute approximate surface area is 202 Å². The van der Waals surface area contributed by atoms with E-state index in [1.807, 2.05) is 0 Å². The van der Waals surface area contributed by atoms with Crippen LogP contribution < -0.4 is 0 Å². The number of amides is 1. The molecule has 1 fully saturated rings. The average molecular weight is 523 g/mol. The molecule has 0 spiro atoms. The van der Waals surface area contributed by atoms with Crippen molar-refractivity contribution in [2.24, 2.45) is 7.05 Å². The molecular formula is C21H20F3N7O4S.